The third-order valence-corrected chi connectivity index (χ3v) is 3.36. The molecule has 0 aliphatic rings. The minimum atomic E-state index is -0.403. The van der Waals surface area contributed by atoms with Crippen LogP contribution in [0.5, 0.6) is 5.88 Å². The summed E-state index contributed by atoms with van der Waals surface area (Å²) < 4.78 is 7.86. The molecule has 94 valence electrons. The Kier molecular flexibility index (Phi) is 3.80. The van der Waals surface area contributed by atoms with Crippen LogP contribution in [0, 0.1) is 13.7 Å². The molecule has 0 fully saturated rings. The van der Waals surface area contributed by atoms with Crippen LogP contribution < -0.4 is 4.74 Å². The number of rotatable bonds is 4. The maximum atomic E-state index is 10.9. The van der Waals surface area contributed by atoms with Crippen molar-refractivity contribution >= 4 is 28.3 Å². The average Bonchev–Trinajstić information content (AvgIpc) is 2.73. The molecule has 6 nitrogen and oxygen atoms in total. The normalized spacial score (nSPS) is 10.3. The van der Waals surface area contributed by atoms with Crippen molar-refractivity contribution in [3.63, 3.8) is 0 Å². The first-order chi connectivity index (χ1) is 8.58. The van der Waals surface area contributed by atoms with E-state index in [-0.39, 0.29) is 12.3 Å². The van der Waals surface area contributed by atoms with E-state index in [1.54, 1.807) is 30.1 Å². The number of hydrogen-bond donors (Lipinski definition) is 0. The van der Waals surface area contributed by atoms with Crippen LogP contribution in [-0.2, 0) is 13.7 Å². The molecule has 0 saturated carbocycles. The number of nitrogens with zero attached hydrogens (tertiary/aromatic N) is 3. The zero-order chi connectivity index (χ0) is 13.1. The van der Waals surface area contributed by atoms with Crippen molar-refractivity contribution < 1.29 is 9.66 Å². The molecule has 18 heavy (non-hydrogen) atoms. The van der Waals surface area contributed by atoms with Gasteiger partial charge in [0.25, 0.3) is 5.69 Å². The van der Waals surface area contributed by atoms with Crippen LogP contribution >= 0.6 is 22.6 Å². The van der Waals surface area contributed by atoms with E-state index in [1.807, 2.05) is 6.07 Å². The van der Waals surface area contributed by atoms with Gasteiger partial charge in [-0.2, -0.15) is 0 Å². The quantitative estimate of drug-likeness (QED) is 0.478. The van der Waals surface area contributed by atoms with E-state index in [0.717, 1.165) is 3.57 Å². The molecule has 2 aromatic rings. The van der Waals surface area contributed by atoms with Gasteiger partial charge in [0.15, 0.2) is 0 Å². The summed E-state index contributed by atoms with van der Waals surface area (Å²) in [7, 11) is 1.78. The summed E-state index contributed by atoms with van der Waals surface area (Å²) in [4.78, 5) is 10.5. The third-order valence-electron chi connectivity index (χ3n) is 2.34. The standard InChI is InChI=1S/C11H10IN3O3/c1-14-6-5-11(13-14)18-7-8-9(12)3-2-4-10(8)15(16)17/h2-6H,7H2,1H3. The predicted octanol–water partition coefficient (Wildman–Crippen LogP) is 2.51. The maximum Gasteiger partial charge on any atom is 0.277 e. The summed E-state index contributed by atoms with van der Waals surface area (Å²) in [6.07, 6.45) is 1.75. The zero-order valence-electron chi connectivity index (χ0n) is 9.54. The molecule has 0 aliphatic heterocycles. The molecule has 0 bridgehead atoms. The summed E-state index contributed by atoms with van der Waals surface area (Å²) >= 11 is 2.06. The van der Waals surface area contributed by atoms with Gasteiger partial charge in [-0.3, -0.25) is 14.8 Å². The summed E-state index contributed by atoms with van der Waals surface area (Å²) in [6.45, 7) is 0.131. The van der Waals surface area contributed by atoms with Gasteiger partial charge in [0, 0.05) is 28.9 Å². The topological polar surface area (TPSA) is 70.2 Å². The lowest BCUT2D eigenvalue weighted by molar-refractivity contribution is -0.385. The summed E-state index contributed by atoms with van der Waals surface area (Å²) in [5.41, 5.74) is 0.631. The molecule has 0 unspecified atom stereocenters. The van der Waals surface area contributed by atoms with E-state index in [1.165, 1.54) is 6.07 Å². The Morgan fingerprint density at radius 1 is 1.50 bits per heavy atom. The Labute approximate surface area is 117 Å². The van der Waals surface area contributed by atoms with Gasteiger partial charge in [-0.15, -0.1) is 5.10 Å². The molecular weight excluding hydrogens is 349 g/mol. The fraction of sp³-hybridized carbons (Fsp3) is 0.182. The molecular formula is C11H10IN3O3. The van der Waals surface area contributed by atoms with Crippen LogP contribution in [0.25, 0.3) is 0 Å². The van der Waals surface area contributed by atoms with E-state index in [4.69, 9.17) is 4.74 Å². The van der Waals surface area contributed by atoms with Crippen LogP contribution in [0.15, 0.2) is 30.5 Å². The molecule has 1 aromatic carbocycles. The van der Waals surface area contributed by atoms with Crippen LogP contribution in [0.1, 0.15) is 5.56 Å². The highest BCUT2D eigenvalue weighted by molar-refractivity contribution is 14.1. The lowest BCUT2D eigenvalue weighted by Gasteiger charge is -2.06. The van der Waals surface area contributed by atoms with E-state index < -0.39 is 4.92 Å². The number of halogens is 1. The Morgan fingerprint density at radius 2 is 2.28 bits per heavy atom. The minimum Gasteiger partial charge on any atom is -0.471 e. The minimum absolute atomic E-state index is 0.0674. The number of benzene rings is 1. The van der Waals surface area contributed by atoms with Crippen molar-refractivity contribution in [1.82, 2.24) is 9.78 Å². The average molecular weight is 359 g/mol. The first-order valence-electron chi connectivity index (χ1n) is 5.12. The molecule has 0 aliphatic carbocycles. The van der Waals surface area contributed by atoms with Crippen LogP contribution in [0.3, 0.4) is 0 Å². The van der Waals surface area contributed by atoms with E-state index in [9.17, 15) is 10.1 Å². The van der Waals surface area contributed by atoms with Crippen molar-refractivity contribution in [2.75, 3.05) is 0 Å². The van der Waals surface area contributed by atoms with Gasteiger partial charge < -0.3 is 4.74 Å². The molecule has 0 saturated heterocycles. The van der Waals surface area contributed by atoms with Gasteiger partial charge in [0.1, 0.15) is 6.61 Å². The molecule has 2 rings (SSSR count). The molecule has 1 heterocycles. The highest BCUT2D eigenvalue weighted by Crippen LogP contribution is 2.24. The van der Waals surface area contributed by atoms with Crippen molar-refractivity contribution in [2.45, 2.75) is 6.61 Å². The highest BCUT2D eigenvalue weighted by atomic mass is 127. The number of aromatic nitrogens is 2. The molecule has 1 aromatic heterocycles. The van der Waals surface area contributed by atoms with Crippen molar-refractivity contribution in [1.29, 1.82) is 0 Å². The Balaban J connectivity index is 2.20. The highest BCUT2D eigenvalue weighted by Gasteiger charge is 2.16. The molecule has 0 amide bonds. The van der Waals surface area contributed by atoms with E-state index >= 15 is 0 Å². The van der Waals surface area contributed by atoms with Crippen molar-refractivity contribution in [3.8, 4) is 5.88 Å². The summed E-state index contributed by atoms with van der Waals surface area (Å²) in [5.74, 6) is 0.450. The first kappa shape index (κ1) is 12.8. The van der Waals surface area contributed by atoms with Gasteiger partial charge >= 0.3 is 0 Å². The number of aryl methyl sites for hydroxylation is 1. The third kappa shape index (κ3) is 2.78. The summed E-state index contributed by atoms with van der Waals surface area (Å²) in [6, 6.07) is 6.65. The largest absolute Gasteiger partial charge is 0.471 e. The Bertz CT molecular complexity index is 583. The van der Waals surface area contributed by atoms with Gasteiger partial charge in [-0.25, -0.2) is 0 Å². The lowest BCUT2D eigenvalue weighted by atomic mass is 10.2. The SMILES string of the molecule is Cn1ccc(OCc2c(I)cccc2[N+](=O)[O-])n1. The second-order valence-corrected chi connectivity index (χ2v) is 4.77. The second-order valence-electron chi connectivity index (χ2n) is 3.61. The van der Waals surface area contributed by atoms with Gasteiger partial charge in [-0.1, -0.05) is 6.07 Å². The predicted molar refractivity (Wildman–Crippen MR) is 73.4 cm³/mol. The summed E-state index contributed by atoms with van der Waals surface area (Å²) in [5, 5.41) is 15.0. The maximum absolute atomic E-state index is 10.9. The molecule has 0 radical (unpaired) electrons. The first-order valence-corrected chi connectivity index (χ1v) is 6.20. The van der Waals surface area contributed by atoms with Crippen molar-refractivity contribution in [2.24, 2.45) is 7.05 Å². The molecule has 0 atom stereocenters. The van der Waals surface area contributed by atoms with E-state index in [2.05, 4.69) is 27.7 Å². The van der Waals surface area contributed by atoms with Gasteiger partial charge in [0.05, 0.1) is 10.5 Å². The van der Waals surface area contributed by atoms with Crippen molar-refractivity contribution in [3.05, 3.63) is 49.7 Å². The monoisotopic (exact) mass is 359 g/mol. The fourth-order valence-corrected chi connectivity index (χ4v) is 2.12. The number of ether oxygens (including phenoxy) is 1. The number of nitro groups is 1. The molecule has 0 N–H and O–H groups in total. The molecule has 7 heteroatoms. The number of nitro benzene ring substituents is 1. The van der Waals surface area contributed by atoms with Crippen LogP contribution in [-0.4, -0.2) is 14.7 Å². The lowest BCUT2D eigenvalue weighted by Crippen LogP contribution is -2.03. The molecule has 0 spiro atoms. The van der Waals surface area contributed by atoms with Crippen LogP contribution in [0.4, 0.5) is 5.69 Å². The Morgan fingerprint density at radius 3 is 2.89 bits per heavy atom. The Hall–Kier alpha value is -1.64. The smallest absolute Gasteiger partial charge is 0.277 e. The fourth-order valence-electron chi connectivity index (χ4n) is 1.48. The van der Waals surface area contributed by atoms with E-state index in [0.29, 0.717) is 11.4 Å². The second kappa shape index (κ2) is 5.34. The van der Waals surface area contributed by atoms with Gasteiger partial charge in [0.2, 0.25) is 5.88 Å². The van der Waals surface area contributed by atoms with Crippen LogP contribution in [0.2, 0.25) is 0 Å². The zero-order valence-corrected chi connectivity index (χ0v) is 11.7. The number of hydrogen-bond acceptors (Lipinski definition) is 4. The van der Waals surface area contributed by atoms with Gasteiger partial charge in [-0.05, 0) is 28.7 Å².